The number of thiazole rings is 1. The van der Waals surface area contributed by atoms with Crippen molar-refractivity contribution in [1.29, 1.82) is 0 Å². The minimum atomic E-state index is -4.05. The highest BCUT2D eigenvalue weighted by atomic mass is 32.2. The minimum Gasteiger partial charge on any atom is -0.411 e. The second kappa shape index (κ2) is 17.9. The number of aliphatic hydroxyl groups excluding tert-OH is 1. The van der Waals surface area contributed by atoms with Crippen molar-refractivity contribution in [2.75, 3.05) is 33.2 Å². The molecule has 3 atom stereocenters. The second-order valence-corrected chi connectivity index (χ2v) is 16.1. The van der Waals surface area contributed by atoms with Gasteiger partial charge in [-0.15, -0.1) is 11.3 Å². The molecule has 1 fully saturated rings. The average Bonchev–Trinajstić information content (AvgIpc) is 3.67. The number of urea groups is 1. The summed E-state index contributed by atoms with van der Waals surface area (Å²) in [4.78, 5) is 35.7. The molecule has 0 bridgehead atoms. The fourth-order valence-electron chi connectivity index (χ4n) is 6.03. The number of oxime groups is 1. The molecule has 15 heteroatoms. The van der Waals surface area contributed by atoms with Gasteiger partial charge >= 0.3 is 6.03 Å². The first-order valence-corrected chi connectivity index (χ1v) is 19.1. The van der Waals surface area contributed by atoms with Crippen molar-refractivity contribution >= 4 is 39.5 Å². The number of carbonyl (C=O) groups is 2. The maximum absolute atomic E-state index is 14.1. The highest BCUT2D eigenvalue weighted by Crippen LogP contribution is 2.23. The van der Waals surface area contributed by atoms with E-state index in [1.54, 1.807) is 9.80 Å². The van der Waals surface area contributed by atoms with E-state index in [0.29, 0.717) is 31.7 Å². The van der Waals surface area contributed by atoms with E-state index in [0.717, 1.165) is 16.3 Å². The Morgan fingerprint density at radius 1 is 1.08 bits per heavy atom. The van der Waals surface area contributed by atoms with Crippen molar-refractivity contribution in [2.24, 2.45) is 17.0 Å². The molecule has 0 aliphatic carbocycles. The van der Waals surface area contributed by atoms with Crippen LogP contribution in [0, 0.1) is 11.8 Å². The molecule has 3 aromatic rings. The number of hydrogen-bond acceptors (Lipinski definition) is 10. The van der Waals surface area contributed by atoms with Crippen molar-refractivity contribution in [3.63, 3.8) is 0 Å². The highest BCUT2D eigenvalue weighted by molar-refractivity contribution is 7.89. The number of benzene rings is 2. The third-order valence-corrected chi connectivity index (χ3v) is 11.2. The zero-order valence-corrected chi connectivity index (χ0v) is 30.9. The van der Waals surface area contributed by atoms with Crippen LogP contribution < -0.4 is 10.6 Å². The van der Waals surface area contributed by atoms with Crippen LogP contribution in [0.3, 0.4) is 0 Å². The van der Waals surface area contributed by atoms with Crippen molar-refractivity contribution in [2.45, 2.75) is 70.3 Å². The largest absolute Gasteiger partial charge is 0.411 e. The summed E-state index contributed by atoms with van der Waals surface area (Å²) in [5.74, 6) is -0.723. The molecular formula is C35H49N7O6S2. The molecule has 1 aliphatic rings. The fourth-order valence-corrected chi connectivity index (χ4v) is 8.45. The lowest BCUT2D eigenvalue weighted by molar-refractivity contribution is -0.128. The van der Waals surface area contributed by atoms with Crippen LogP contribution in [0.2, 0.25) is 0 Å². The summed E-state index contributed by atoms with van der Waals surface area (Å²) in [5.41, 5.74) is 2.17. The van der Waals surface area contributed by atoms with Crippen molar-refractivity contribution < 1.29 is 28.3 Å². The Morgan fingerprint density at radius 3 is 2.40 bits per heavy atom. The van der Waals surface area contributed by atoms with Crippen LogP contribution in [0.4, 0.5) is 4.79 Å². The SMILES string of the molecule is CNCc1nc(CN2CCN(C(C(=O)N[C@@H](Cc3ccccc3)[C@H](O)CN(CC(C)C)S(=O)(=O)c3ccc(/C=N/O)cc3)C(C)C)C2=O)cs1. The zero-order valence-electron chi connectivity index (χ0n) is 29.3. The summed E-state index contributed by atoms with van der Waals surface area (Å²) in [6.07, 6.45) is 0.147. The smallest absolute Gasteiger partial charge is 0.321 e. The third kappa shape index (κ3) is 10.1. The van der Waals surface area contributed by atoms with Gasteiger partial charge in [-0.05, 0) is 48.6 Å². The number of aromatic nitrogens is 1. The molecule has 3 amide bonds. The summed E-state index contributed by atoms with van der Waals surface area (Å²) in [6, 6.07) is 13.3. The van der Waals surface area contributed by atoms with Crippen LogP contribution in [0.1, 0.15) is 49.5 Å². The van der Waals surface area contributed by atoms with Crippen LogP contribution >= 0.6 is 11.3 Å². The molecule has 1 aliphatic heterocycles. The molecule has 1 saturated heterocycles. The van der Waals surface area contributed by atoms with E-state index in [1.807, 2.05) is 70.5 Å². The summed E-state index contributed by atoms with van der Waals surface area (Å²) < 4.78 is 29.0. The Hall–Kier alpha value is -3.89. The van der Waals surface area contributed by atoms with E-state index in [1.165, 1.54) is 46.1 Å². The van der Waals surface area contributed by atoms with Gasteiger partial charge in [0.15, 0.2) is 0 Å². The van der Waals surface area contributed by atoms with Gasteiger partial charge in [-0.1, -0.05) is 75.3 Å². The van der Waals surface area contributed by atoms with Crippen LogP contribution in [0.5, 0.6) is 0 Å². The van der Waals surface area contributed by atoms with E-state index in [4.69, 9.17) is 5.21 Å². The normalized spacial score (nSPS) is 15.8. The Kier molecular flexibility index (Phi) is 13.9. The number of carbonyl (C=O) groups excluding carboxylic acids is 2. The van der Waals surface area contributed by atoms with E-state index < -0.39 is 34.1 Å². The summed E-state index contributed by atoms with van der Waals surface area (Å²) >= 11 is 1.53. The van der Waals surface area contributed by atoms with Gasteiger partial charge in [0.2, 0.25) is 15.9 Å². The fraction of sp³-hybridized carbons (Fsp3) is 0.486. The molecule has 1 aromatic heterocycles. The quantitative estimate of drug-likeness (QED) is 0.0880. The summed E-state index contributed by atoms with van der Waals surface area (Å²) in [7, 11) is -2.20. The second-order valence-electron chi connectivity index (χ2n) is 13.3. The Labute approximate surface area is 299 Å². The zero-order chi connectivity index (χ0) is 36.4. The van der Waals surface area contributed by atoms with E-state index in [-0.39, 0.29) is 42.3 Å². The number of nitrogens with zero attached hydrogens (tertiary/aromatic N) is 5. The standard InChI is InChI=1S/C35H49N7O6S2/c1-24(2)20-41(50(47,48)29-13-11-27(12-14-29)18-37-46)22-31(43)30(17-26-9-7-6-8-10-26)39-34(44)33(25(3)4)42-16-15-40(35(42)45)21-28-23-49-32(38-28)19-36-5/h6-14,18,23-25,30-31,33,36,43,46H,15-17,19-22H2,1-5H3,(H,39,44)/b37-18+/t30-,31+,33?/m0/s1. The van der Waals surface area contributed by atoms with Gasteiger partial charge in [0, 0.05) is 38.1 Å². The lowest BCUT2D eigenvalue weighted by Crippen LogP contribution is -2.57. The first kappa shape index (κ1) is 38.9. The van der Waals surface area contributed by atoms with Crippen LogP contribution in [-0.4, -0.2) is 107 Å². The Bertz CT molecular complexity index is 1680. The first-order valence-electron chi connectivity index (χ1n) is 16.8. The Morgan fingerprint density at radius 2 is 1.78 bits per heavy atom. The van der Waals surface area contributed by atoms with Gasteiger partial charge in [0.05, 0.1) is 35.5 Å². The van der Waals surface area contributed by atoms with Gasteiger partial charge in [-0.25, -0.2) is 18.2 Å². The summed E-state index contributed by atoms with van der Waals surface area (Å²) in [6.45, 7) is 9.18. The lowest BCUT2D eigenvalue weighted by Gasteiger charge is -2.34. The summed E-state index contributed by atoms with van der Waals surface area (Å²) in [5, 5.41) is 32.5. The number of nitrogens with one attached hydrogen (secondary N) is 2. The first-order chi connectivity index (χ1) is 23.8. The number of hydrogen-bond donors (Lipinski definition) is 4. The van der Waals surface area contributed by atoms with Crippen molar-refractivity contribution in [3.05, 3.63) is 81.8 Å². The van der Waals surface area contributed by atoms with Gasteiger partial charge < -0.3 is 30.7 Å². The van der Waals surface area contributed by atoms with E-state index >= 15 is 0 Å². The molecule has 0 spiro atoms. The molecular weight excluding hydrogens is 679 g/mol. The number of amides is 3. The van der Waals surface area contributed by atoms with E-state index in [9.17, 15) is 23.1 Å². The molecule has 50 heavy (non-hydrogen) atoms. The van der Waals surface area contributed by atoms with Gasteiger partial charge in [-0.2, -0.15) is 4.31 Å². The molecule has 0 saturated carbocycles. The number of sulfonamides is 1. The molecule has 2 heterocycles. The molecule has 272 valence electrons. The van der Waals surface area contributed by atoms with Crippen LogP contribution in [0.15, 0.2) is 70.0 Å². The van der Waals surface area contributed by atoms with Crippen LogP contribution in [0.25, 0.3) is 0 Å². The maximum atomic E-state index is 14.1. The maximum Gasteiger partial charge on any atom is 0.321 e. The molecule has 1 unspecified atom stereocenters. The molecule has 4 N–H and O–H groups in total. The van der Waals surface area contributed by atoms with E-state index in [2.05, 4.69) is 20.8 Å². The average molecular weight is 728 g/mol. The van der Waals surface area contributed by atoms with Crippen molar-refractivity contribution in [3.8, 4) is 0 Å². The molecule has 2 aromatic carbocycles. The molecule has 0 radical (unpaired) electrons. The minimum absolute atomic E-state index is 0.0250. The van der Waals surface area contributed by atoms with Crippen LogP contribution in [-0.2, 0) is 34.3 Å². The number of aliphatic hydroxyl groups is 1. The number of rotatable bonds is 18. The monoisotopic (exact) mass is 727 g/mol. The van der Waals surface area contributed by atoms with Crippen molar-refractivity contribution in [1.82, 2.24) is 29.7 Å². The third-order valence-electron chi connectivity index (χ3n) is 8.42. The highest BCUT2D eigenvalue weighted by Gasteiger charge is 2.40. The lowest BCUT2D eigenvalue weighted by atomic mass is 9.97. The predicted molar refractivity (Wildman–Crippen MR) is 194 cm³/mol. The van der Waals surface area contributed by atoms with Gasteiger partial charge in [0.25, 0.3) is 0 Å². The predicted octanol–water partition coefficient (Wildman–Crippen LogP) is 3.37. The Balaban J connectivity index is 1.55. The van der Waals surface area contributed by atoms with Gasteiger partial charge in [-0.3, -0.25) is 4.79 Å². The van der Waals surface area contributed by atoms with Gasteiger partial charge in [0.1, 0.15) is 11.0 Å². The molecule has 4 rings (SSSR count). The molecule has 13 nitrogen and oxygen atoms in total. The topological polar surface area (TPSA) is 168 Å².